The first-order chi connectivity index (χ1) is 12.1. The van der Waals surface area contributed by atoms with Crippen LogP contribution in [0.5, 0.6) is 0 Å². The summed E-state index contributed by atoms with van der Waals surface area (Å²) >= 11 is 0. The van der Waals surface area contributed by atoms with Crippen molar-refractivity contribution in [1.29, 1.82) is 5.26 Å². The van der Waals surface area contributed by atoms with E-state index in [1.54, 1.807) is 0 Å². The summed E-state index contributed by atoms with van der Waals surface area (Å²) < 4.78 is 2.16. The highest BCUT2D eigenvalue weighted by atomic mass is 15.3. The summed E-state index contributed by atoms with van der Waals surface area (Å²) in [5.74, 6) is 2.55. The third kappa shape index (κ3) is 4.25. The second kappa shape index (κ2) is 7.77. The summed E-state index contributed by atoms with van der Waals surface area (Å²) in [7, 11) is 6.18. The fourth-order valence-electron chi connectivity index (χ4n) is 3.50. The number of aromatic nitrogens is 3. The molecule has 0 aliphatic carbocycles. The Morgan fingerprint density at radius 2 is 2.00 bits per heavy atom. The molecule has 1 saturated heterocycles. The van der Waals surface area contributed by atoms with Gasteiger partial charge >= 0.3 is 0 Å². The molecule has 0 bridgehead atoms. The van der Waals surface area contributed by atoms with Crippen LogP contribution in [0.2, 0.25) is 0 Å². The lowest BCUT2D eigenvalue weighted by Gasteiger charge is -2.32. The van der Waals surface area contributed by atoms with E-state index in [1.807, 2.05) is 26.2 Å². The zero-order chi connectivity index (χ0) is 17.8. The van der Waals surface area contributed by atoms with E-state index in [0.717, 1.165) is 44.2 Å². The fraction of sp³-hybridized carbons (Fsp3) is 0.526. The minimum Gasteiger partial charge on any atom is -0.317 e. The van der Waals surface area contributed by atoms with Crippen LogP contribution in [-0.4, -0.2) is 51.7 Å². The Bertz CT molecular complexity index is 740. The summed E-state index contributed by atoms with van der Waals surface area (Å²) in [4.78, 5) is 4.60. The maximum Gasteiger partial charge on any atom is 0.146 e. The number of likely N-dealkylation sites (tertiary alicyclic amines) is 1. The van der Waals surface area contributed by atoms with Crippen molar-refractivity contribution in [3.8, 4) is 6.07 Å². The molecule has 0 amide bonds. The molecule has 1 fully saturated rings. The molecule has 6 nitrogen and oxygen atoms in total. The van der Waals surface area contributed by atoms with E-state index >= 15 is 0 Å². The molecule has 1 aromatic heterocycles. The lowest BCUT2D eigenvalue weighted by Crippen LogP contribution is -2.34. The van der Waals surface area contributed by atoms with Gasteiger partial charge in [0.05, 0.1) is 18.2 Å². The number of nitriles is 1. The Balaban J connectivity index is 1.66. The summed E-state index contributed by atoms with van der Waals surface area (Å²) in [6.07, 6.45) is 2.34. The van der Waals surface area contributed by atoms with Gasteiger partial charge in [-0.2, -0.15) is 5.26 Å². The van der Waals surface area contributed by atoms with E-state index < -0.39 is 0 Å². The van der Waals surface area contributed by atoms with Crippen molar-refractivity contribution >= 4 is 0 Å². The average molecular weight is 338 g/mol. The van der Waals surface area contributed by atoms with E-state index in [2.05, 4.69) is 49.8 Å². The van der Waals surface area contributed by atoms with E-state index in [0.29, 0.717) is 11.5 Å². The van der Waals surface area contributed by atoms with E-state index in [1.165, 1.54) is 12.0 Å². The van der Waals surface area contributed by atoms with Crippen molar-refractivity contribution in [2.45, 2.75) is 31.8 Å². The number of benzene rings is 1. The van der Waals surface area contributed by atoms with Crippen LogP contribution in [0.1, 0.15) is 41.5 Å². The highest BCUT2D eigenvalue weighted by Crippen LogP contribution is 2.27. The van der Waals surface area contributed by atoms with Gasteiger partial charge in [0.25, 0.3) is 0 Å². The minimum absolute atomic E-state index is 0.431. The number of hydrogen-bond acceptors (Lipinski definition) is 5. The Labute approximate surface area is 149 Å². The molecule has 1 aliphatic rings. The molecule has 0 saturated carbocycles. The van der Waals surface area contributed by atoms with Gasteiger partial charge in [0.2, 0.25) is 0 Å². The van der Waals surface area contributed by atoms with Gasteiger partial charge < -0.3 is 9.47 Å². The van der Waals surface area contributed by atoms with E-state index in [-0.39, 0.29) is 0 Å². The molecule has 6 heteroatoms. The first-order valence-electron chi connectivity index (χ1n) is 8.81. The number of piperidine rings is 1. The standard InChI is InChI=1S/C19H26N6/c1-23(2)14-18-21-22-19(24(18)3)17-5-4-10-25(13-17)12-16-8-6-15(11-20)7-9-16/h6-9,17H,4-5,10,12-14H2,1-3H3/t17-/m1/s1. The van der Waals surface area contributed by atoms with Crippen molar-refractivity contribution in [2.24, 2.45) is 7.05 Å². The van der Waals surface area contributed by atoms with Gasteiger partial charge in [0.1, 0.15) is 11.6 Å². The molecule has 1 aliphatic heterocycles. The molecule has 2 heterocycles. The molecule has 0 unspecified atom stereocenters. The van der Waals surface area contributed by atoms with Crippen LogP contribution in [0.15, 0.2) is 24.3 Å². The maximum absolute atomic E-state index is 8.91. The lowest BCUT2D eigenvalue weighted by atomic mass is 9.96. The topological polar surface area (TPSA) is 61.0 Å². The summed E-state index contributed by atoms with van der Waals surface area (Å²) in [5, 5.41) is 17.8. The molecule has 25 heavy (non-hydrogen) atoms. The van der Waals surface area contributed by atoms with Crippen molar-refractivity contribution < 1.29 is 0 Å². The molecule has 1 aromatic carbocycles. The van der Waals surface area contributed by atoms with Crippen LogP contribution < -0.4 is 0 Å². The number of rotatable bonds is 5. The SMILES string of the molecule is CN(C)Cc1nnc([C@@H]2CCCN(Cc3ccc(C#N)cc3)C2)n1C. The largest absolute Gasteiger partial charge is 0.317 e. The van der Waals surface area contributed by atoms with Gasteiger partial charge in [-0.1, -0.05) is 12.1 Å². The third-order valence-corrected chi connectivity index (χ3v) is 4.82. The van der Waals surface area contributed by atoms with Crippen LogP contribution in [0, 0.1) is 11.3 Å². The van der Waals surface area contributed by atoms with E-state index in [9.17, 15) is 0 Å². The summed E-state index contributed by atoms with van der Waals surface area (Å²) in [6, 6.07) is 10.1. The second-order valence-corrected chi connectivity index (χ2v) is 7.15. The summed E-state index contributed by atoms with van der Waals surface area (Å²) in [6.45, 7) is 3.85. The number of nitrogens with zero attached hydrogens (tertiary/aromatic N) is 6. The van der Waals surface area contributed by atoms with Crippen LogP contribution in [0.3, 0.4) is 0 Å². The van der Waals surface area contributed by atoms with Gasteiger partial charge in [-0.15, -0.1) is 10.2 Å². The van der Waals surface area contributed by atoms with Crippen molar-refractivity contribution in [3.05, 3.63) is 47.0 Å². The predicted molar refractivity (Wildman–Crippen MR) is 96.8 cm³/mol. The minimum atomic E-state index is 0.431. The highest BCUT2D eigenvalue weighted by molar-refractivity contribution is 5.31. The monoisotopic (exact) mass is 338 g/mol. The molecule has 1 atom stereocenters. The molecular formula is C19H26N6. The molecule has 0 spiro atoms. The first kappa shape index (κ1) is 17.6. The average Bonchev–Trinajstić information content (AvgIpc) is 2.96. The molecule has 132 valence electrons. The first-order valence-corrected chi connectivity index (χ1v) is 8.81. The van der Waals surface area contributed by atoms with Crippen LogP contribution in [0.25, 0.3) is 0 Å². The van der Waals surface area contributed by atoms with Gasteiger partial charge in [0, 0.05) is 26.1 Å². The maximum atomic E-state index is 8.91. The fourth-order valence-corrected chi connectivity index (χ4v) is 3.50. The Morgan fingerprint density at radius 1 is 1.24 bits per heavy atom. The Hall–Kier alpha value is -2.23. The summed E-state index contributed by atoms with van der Waals surface area (Å²) in [5.41, 5.74) is 1.97. The van der Waals surface area contributed by atoms with Gasteiger partial charge in [-0.3, -0.25) is 4.90 Å². The normalized spacial score (nSPS) is 18.4. The highest BCUT2D eigenvalue weighted by Gasteiger charge is 2.26. The zero-order valence-corrected chi connectivity index (χ0v) is 15.3. The predicted octanol–water partition coefficient (Wildman–Crippen LogP) is 2.13. The molecule has 3 rings (SSSR count). The van der Waals surface area contributed by atoms with Crippen LogP contribution in [0.4, 0.5) is 0 Å². The third-order valence-electron chi connectivity index (χ3n) is 4.82. The van der Waals surface area contributed by atoms with Crippen molar-refractivity contribution in [1.82, 2.24) is 24.6 Å². The Kier molecular flexibility index (Phi) is 5.47. The van der Waals surface area contributed by atoms with Gasteiger partial charge in [-0.25, -0.2) is 0 Å². The van der Waals surface area contributed by atoms with Crippen molar-refractivity contribution in [3.63, 3.8) is 0 Å². The smallest absolute Gasteiger partial charge is 0.146 e. The second-order valence-electron chi connectivity index (χ2n) is 7.15. The zero-order valence-electron chi connectivity index (χ0n) is 15.3. The molecule has 2 aromatic rings. The quantitative estimate of drug-likeness (QED) is 0.836. The van der Waals surface area contributed by atoms with Crippen molar-refractivity contribution in [2.75, 3.05) is 27.2 Å². The van der Waals surface area contributed by atoms with E-state index in [4.69, 9.17) is 5.26 Å². The van der Waals surface area contributed by atoms with Crippen LogP contribution >= 0.6 is 0 Å². The molecule has 0 radical (unpaired) electrons. The Morgan fingerprint density at radius 3 is 2.68 bits per heavy atom. The lowest BCUT2D eigenvalue weighted by molar-refractivity contribution is 0.195. The van der Waals surface area contributed by atoms with Crippen LogP contribution in [-0.2, 0) is 20.1 Å². The van der Waals surface area contributed by atoms with Gasteiger partial charge in [0.15, 0.2) is 0 Å². The molecular weight excluding hydrogens is 312 g/mol. The van der Waals surface area contributed by atoms with Gasteiger partial charge in [-0.05, 0) is 51.2 Å². The molecule has 0 N–H and O–H groups in total. The number of hydrogen-bond donors (Lipinski definition) is 0.